The zero-order valence-electron chi connectivity index (χ0n) is 14.1. The summed E-state index contributed by atoms with van der Waals surface area (Å²) in [5, 5.41) is 10.7. The van der Waals surface area contributed by atoms with Crippen molar-refractivity contribution in [2.24, 2.45) is 0 Å². The van der Waals surface area contributed by atoms with Crippen LogP contribution in [0.1, 0.15) is 12.1 Å². The number of anilines is 1. The van der Waals surface area contributed by atoms with Crippen molar-refractivity contribution in [1.82, 2.24) is 19.6 Å². The maximum absolute atomic E-state index is 12.0. The third-order valence-electron chi connectivity index (χ3n) is 3.89. The number of amides is 1. The van der Waals surface area contributed by atoms with E-state index in [0.717, 1.165) is 17.8 Å². The van der Waals surface area contributed by atoms with Gasteiger partial charge in [0.1, 0.15) is 17.7 Å². The SMILES string of the molecule is Cc1cc(N2CC[C@](O)(CN(C)C(=O)CNS(C)(=O)=O)C2)ncn1. The predicted octanol–water partition coefficient (Wildman–Crippen LogP) is -1.27. The number of aromatic nitrogens is 2. The molecule has 0 aliphatic carbocycles. The molecule has 2 rings (SSSR count). The minimum atomic E-state index is -3.43. The Balaban J connectivity index is 1.93. The van der Waals surface area contributed by atoms with Gasteiger partial charge in [-0.25, -0.2) is 23.1 Å². The summed E-state index contributed by atoms with van der Waals surface area (Å²) >= 11 is 0. The maximum atomic E-state index is 12.0. The van der Waals surface area contributed by atoms with E-state index in [9.17, 15) is 18.3 Å². The highest BCUT2D eigenvalue weighted by molar-refractivity contribution is 7.88. The van der Waals surface area contributed by atoms with Crippen LogP contribution in [0, 0.1) is 6.92 Å². The Kier molecular flexibility index (Phi) is 5.41. The quantitative estimate of drug-likeness (QED) is 0.652. The lowest BCUT2D eigenvalue weighted by Gasteiger charge is -2.29. The Morgan fingerprint density at radius 3 is 2.83 bits per heavy atom. The summed E-state index contributed by atoms with van der Waals surface area (Å²) in [5.74, 6) is 0.344. The molecular formula is C14H23N5O4S. The molecule has 9 nitrogen and oxygen atoms in total. The second kappa shape index (κ2) is 6.99. The highest BCUT2D eigenvalue weighted by atomic mass is 32.2. The molecule has 1 aromatic rings. The van der Waals surface area contributed by atoms with Crippen LogP contribution < -0.4 is 9.62 Å². The first kappa shape index (κ1) is 18.6. The van der Waals surface area contributed by atoms with Crippen molar-refractivity contribution < 1.29 is 18.3 Å². The number of rotatable bonds is 6. The third-order valence-corrected chi connectivity index (χ3v) is 4.56. The molecule has 134 valence electrons. The van der Waals surface area contributed by atoms with E-state index in [1.165, 1.54) is 11.2 Å². The summed E-state index contributed by atoms with van der Waals surface area (Å²) < 4.78 is 24.2. The molecule has 1 atom stereocenters. The lowest BCUT2D eigenvalue weighted by atomic mass is 10.0. The van der Waals surface area contributed by atoms with E-state index in [-0.39, 0.29) is 13.1 Å². The Labute approximate surface area is 141 Å². The number of β-amino-alcohol motifs (C(OH)–C–C–N with tert-alkyl or cyclic N) is 1. The van der Waals surface area contributed by atoms with Gasteiger partial charge in [0, 0.05) is 31.9 Å². The summed E-state index contributed by atoms with van der Waals surface area (Å²) in [6.45, 7) is 2.64. The number of hydrogen-bond acceptors (Lipinski definition) is 7. The van der Waals surface area contributed by atoms with Crippen LogP contribution in [0.4, 0.5) is 5.82 Å². The van der Waals surface area contributed by atoms with Crippen LogP contribution in [0.5, 0.6) is 0 Å². The zero-order chi connectivity index (χ0) is 18.0. The van der Waals surface area contributed by atoms with Crippen LogP contribution in [0.15, 0.2) is 12.4 Å². The number of aliphatic hydroxyl groups is 1. The van der Waals surface area contributed by atoms with Gasteiger partial charge >= 0.3 is 0 Å². The average molecular weight is 357 g/mol. The van der Waals surface area contributed by atoms with Crippen molar-refractivity contribution in [3.8, 4) is 0 Å². The highest BCUT2D eigenvalue weighted by Crippen LogP contribution is 2.26. The van der Waals surface area contributed by atoms with E-state index in [1.807, 2.05) is 17.9 Å². The van der Waals surface area contributed by atoms with Crippen molar-refractivity contribution in [2.75, 3.05) is 44.4 Å². The smallest absolute Gasteiger partial charge is 0.237 e. The predicted molar refractivity (Wildman–Crippen MR) is 89.0 cm³/mol. The monoisotopic (exact) mass is 357 g/mol. The van der Waals surface area contributed by atoms with Gasteiger partial charge in [-0.05, 0) is 13.3 Å². The molecular weight excluding hydrogens is 334 g/mol. The molecule has 1 saturated heterocycles. The van der Waals surface area contributed by atoms with Crippen molar-refractivity contribution in [3.05, 3.63) is 18.1 Å². The molecule has 1 fully saturated rings. The van der Waals surface area contributed by atoms with E-state index < -0.39 is 21.5 Å². The molecule has 24 heavy (non-hydrogen) atoms. The molecule has 1 aliphatic heterocycles. The molecule has 2 N–H and O–H groups in total. The van der Waals surface area contributed by atoms with Gasteiger partial charge in [0.25, 0.3) is 0 Å². The first-order chi connectivity index (χ1) is 11.1. The number of aryl methyl sites for hydroxylation is 1. The number of nitrogens with one attached hydrogen (secondary N) is 1. The molecule has 0 aromatic carbocycles. The highest BCUT2D eigenvalue weighted by Gasteiger charge is 2.38. The normalized spacial score (nSPS) is 21.1. The second-order valence-corrected chi connectivity index (χ2v) is 8.09. The van der Waals surface area contributed by atoms with Gasteiger partial charge in [-0.15, -0.1) is 0 Å². The molecule has 0 unspecified atom stereocenters. The van der Waals surface area contributed by atoms with Crippen molar-refractivity contribution in [2.45, 2.75) is 18.9 Å². The molecule has 0 radical (unpaired) electrons. The fraction of sp³-hybridized carbons (Fsp3) is 0.643. The van der Waals surface area contributed by atoms with E-state index in [2.05, 4.69) is 14.7 Å². The standard InChI is InChI=1S/C14H23N5O4S/c1-11-6-12(16-10-15-11)19-5-4-14(21,9-19)8-18(2)13(20)7-17-24(3,22)23/h6,10,17,21H,4-5,7-9H2,1-3H3/t14-/m0/s1. The molecule has 0 spiro atoms. The molecule has 1 aliphatic rings. The van der Waals surface area contributed by atoms with Crippen LogP contribution in [-0.4, -0.2) is 79.4 Å². The maximum Gasteiger partial charge on any atom is 0.237 e. The number of nitrogens with zero attached hydrogens (tertiary/aromatic N) is 4. The van der Waals surface area contributed by atoms with Gasteiger partial charge in [0.05, 0.1) is 19.3 Å². The summed E-state index contributed by atoms with van der Waals surface area (Å²) in [4.78, 5) is 23.5. The van der Waals surface area contributed by atoms with Gasteiger partial charge in [0.15, 0.2) is 0 Å². The van der Waals surface area contributed by atoms with Crippen LogP contribution in [-0.2, 0) is 14.8 Å². The molecule has 10 heteroatoms. The fourth-order valence-corrected chi connectivity index (χ4v) is 3.04. The zero-order valence-corrected chi connectivity index (χ0v) is 14.9. The van der Waals surface area contributed by atoms with E-state index >= 15 is 0 Å². The van der Waals surface area contributed by atoms with Crippen LogP contribution >= 0.6 is 0 Å². The minimum Gasteiger partial charge on any atom is -0.386 e. The molecule has 1 amide bonds. The Hall–Kier alpha value is -1.78. The van der Waals surface area contributed by atoms with Crippen molar-refractivity contribution >= 4 is 21.7 Å². The van der Waals surface area contributed by atoms with Crippen LogP contribution in [0.3, 0.4) is 0 Å². The lowest BCUT2D eigenvalue weighted by molar-refractivity contribution is -0.131. The van der Waals surface area contributed by atoms with Crippen molar-refractivity contribution in [3.63, 3.8) is 0 Å². The molecule has 2 heterocycles. The minimum absolute atomic E-state index is 0.123. The van der Waals surface area contributed by atoms with E-state index in [0.29, 0.717) is 19.5 Å². The number of hydrogen-bond donors (Lipinski definition) is 2. The number of carbonyl (C=O) groups is 1. The first-order valence-corrected chi connectivity index (χ1v) is 9.42. The van der Waals surface area contributed by atoms with Crippen molar-refractivity contribution in [1.29, 1.82) is 0 Å². The summed E-state index contributed by atoms with van der Waals surface area (Å²) in [7, 11) is -1.88. The average Bonchev–Trinajstić information content (AvgIpc) is 2.86. The van der Waals surface area contributed by atoms with Gasteiger partial charge in [0.2, 0.25) is 15.9 Å². The van der Waals surface area contributed by atoms with Crippen LogP contribution in [0.25, 0.3) is 0 Å². The fourth-order valence-electron chi connectivity index (χ4n) is 2.65. The van der Waals surface area contributed by atoms with E-state index in [4.69, 9.17) is 0 Å². The third kappa shape index (κ3) is 5.11. The second-order valence-electron chi connectivity index (χ2n) is 6.26. The molecule has 0 saturated carbocycles. The number of carbonyl (C=O) groups excluding carboxylic acids is 1. The number of sulfonamides is 1. The molecule has 1 aromatic heterocycles. The molecule has 0 bridgehead atoms. The summed E-state index contributed by atoms with van der Waals surface area (Å²) in [6.07, 6.45) is 2.97. The topological polar surface area (TPSA) is 116 Å². The Morgan fingerprint density at radius 2 is 2.21 bits per heavy atom. The summed E-state index contributed by atoms with van der Waals surface area (Å²) in [6, 6.07) is 1.84. The first-order valence-electron chi connectivity index (χ1n) is 7.53. The van der Waals surface area contributed by atoms with Gasteiger partial charge in [-0.3, -0.25) is 4.79 Å². The lowest BCUT2D eigenvalue weighted by Crippen LogP contribution is -2.48. The van der Waals surface area contributed by atoms with Gasteiger partial charge in [-0.2, -0.15) is 0 Å². The number of likely N-dealkylation sites (N-methyl/N-ethyl adjacent to an activating group) is 1. The van der Waals surface area contributed by atoms with Crippen LogP contribution in [0.2, 0.25) is 0 Å². The van der Waals surface area contributed by atoms with Gasteiger partial charge in [-0.1, -0.05) is 0 Å². The summed E-state index contributed by atoms with van der Waals surface area (Å²) in [5.41, 5.74) is -0.219. The Bertz CT molecular complexity index is 711. The largest absolute Gasteiger partial charge is 0.386 e. The van der Waals surface area contributed by atoms with Gasteiger partial charge < -0.3 is 14.9 Å². The Morgan fingerprint density at radius 1 is 1.50 bits per heavy atom. The van der Waals surface area contributed by atoms with E-state index in [1.54, 1.807) is 7.05 Å².